The Bertz CT molecular complexity index is 917. The Kier molecular flexibility index (Phi) is 7.04. The number of benzene rings is 2. The van der Waals surface area contributed by atoms with Crippen molar-refractivity contribution in [3.05, 3.63) is 63.1 Å². The largest absolute Gasteiger partial charge is 0.483 e. The summed E-state index contributed by atoms with van der Waals surface area (Å²) in [5.74, 6) is 0.472. The number of hydrogen-bond donors (Lipinski definition) is 0. The molecule has 1 aliphatic rings. The van der Waals surface area contributed by atoms with E-state index in [9.17, 15) is 9.59 Å². The summed E-state index contributed by atoms with van der Waals surface area (Å²) in [6, 6.07) is 10.6. The molecule has 0 atom stereocenters. The van der Waals surface area contributed by atoms with Gasteiger partial charge < -0.3 is 14.5 Å². The van der Waals surface area contributed by atoms with Gasteiger partial charge in [0.25, 0.3) is 11.8 Å². The zero-order valence-corrected chi connectivity index (χ0v) is 18.1. The molecule has 2 amide bonds. The summed E-state index contributed by atoms with van der Waals surface area (Å²) < 4.78 is 5.74. The fourth-order valence-electron chi connectivity index (χ4n) is 3.31. The van der Waals surface area contributed by atoms with E-state index in [1.165, 1.54) is 0 Å². The Hall–Kier alpha value is -2.24. The van der Waals surface area contributed by atoms with Gasteiger partial charge in [0.05, 0.1) is 10.6 Å². The number of halogens is 2. The summed E-state index contributed by atoms with van der Waals surface area (Å²) in [6.45, 7) is 6.02. The number of nitrogens with zero attached hydrogens (tertiary/aromatic N) is 2. The third-order valence-electron chi connectivity index (χ3n) is 5.20. The van der Waals surface area contributed by atoms with E-state index in [0.717, 1.165) is 16.9 Å². The van der Waals surface area contributed by atoms with Gasteiger partial charge in [-0.05, 0) is 55.7 Å². The van der Waals surface area contributed by atoms with Gasteiger partial charge in [-0.3, -0.25) is 9.59 Å². The van der Waals surface area contributed by atoms with Crippen molar-refractivity contribution in [3.8, 4) is 5.75 Å². The topological polar surface area (TPSA) is 49.9 Å². The minimum atomic E-state index is -0.168. The van der Waals surface area contributed by atoms with Crippen LogP contribution in [0.5, 0.6) is 5.75 Å². The predicted molar refractivity (Wildman–Crippen MR) is 115 cm³/mol. The van der Waals surface area contributed by atoms with E-state index in [0.29, 0.717) is 48.2 Å². The summed E-state index contributed by atoms with van der Waals surface area (Å²) in [6.07, 6.45) is 0.694. The molecule has 0 aliphatic carbocycles. The van der Waals surface area contributed by atoms with Crippen LogP contribution in [0.25, 0.3) is 0 Å². The highest BCUT2D eigenvalue weighted by Gasteiger charge is 2.24. The Morgan fingerprint density at radius 3 is 2.52 bits per heavy atom. The van der Waals surface area contributed by atoms with Gasteiger partial charge in [0, 0.05) is 31.2 Å². The zero-order valence-electron chi connectivity index (χ0n) is 16.6. The second-order valence-electron chi connectivity index (χ2n) is 7.14. The fourth-order valence-corrected chi connectivity index (χ4v) is 3.68. The predicted octanol–water partition coefficient (Wildman–Crippen LogP) is 4.36. The molecule has 0 aromatic heterocycles. The van der Waals surface area contributed by atoms with Crippen molar-refractivity contribution in [3.63, 3.8) is 0 Å². The third-order valence-corrected chi connectivity index (χ3v) is 5.77. The molecule has 0 N–H and O–H groups in total. The summed E-state index contributed by atoms with van der Waals surface area (Å²) in [5, 5.41) is 0.839. The first-order chi connectivity index (χ1) is 13.9. The van der Waals surface area contributed by atoms with Crippen molar-refractivity contribution in [1.29, 1.82) is 0 Å². The van der Waals surface area contributed by atoms with Crippen LogP contribution in [-0.4, -0.2) is 54.4 Å². The van der Waals surface area contributed by atoms with Gasteiger partial charge in [0.15, 0.2) is 6.61 Å². The highest BCUT2D eigenvalue weighted by molar-refractivity contribution is 6.35. The van der Waals surface area contributed by atoms with Crippen LogP contribution in [0.4, 0.5) is 0 Å². The number of hydrogen-bond acceptors (Lipinski definition) is 3. The lowest BCUT2D eigenvalue weighted by atomic mass is 10.1. The molecule has 29 heavy (non-hydrogen) atoms. The van der Waals surface area contributed by atoms with Crippen molar-refractivity contribution < 1.29 is 14.3 Å². The Morgan fingerprint density at radius 1 is 1.00 bits per heavy atom. The molecule has 1 fully saturated rings. The number of rotatable bonds is 4. The molecule has 1 saturated heterocycles. The molecule has 0 spiro atoms. The minimum Gasteiger partial charge on any atom is -0.483 e. The molecule has 154 valence electrons. The fraction of sp³-hybridized carbons (Fsp3) is 0.364. The zero-order chi connectivity index (χ0) is 21.0. The molecule has 1 heterocycles. The second-order valence-corrected chi connectivity index (χ2v) is 7.98. The molecule has 0 bridgehead atoms. The van der Waals surface area contributed by atoms with Crippen LogP contribution >= 0.6 is 23.2 Å². The Morgan fingerprint density at radius 2 is 1.72 bits per heavy atom. The highest BCUT2D eigenvalue weighted by atomic mass is 35.5. The number of amides is 2. The van der Waals surface area contributed by atoms with Gasteiger partial charge >= 0.3 is 0 Å². The van der Waals surface area contributed by atoms with E-state index in [1.807, 2.05) is 32.0 Å². The molecule has 0 radical (unpaired) electrons. The van der Waals surface area contributed by atoms with Crippen molar-refractivity contribution in [2.45, 2.75) is 20.3 Å². The SMILES string of the molecule is Cc1cccc(OCC(=O)N2CCCN(C(=O)c3cc(Cl)ccc3Cl)CC2)c1C. The first-order valence-electron chi connectivity index (χ1n) is 9.58. The van der Waals surface area contributed by atoms with Crippen molar-refractivity contribution in [2.75, 3.05) is 32.8 Å². The lowest BCUT2D eigenvalue weighted by molar-refractivity contribution is -0.133. The molecule has 3 rings (SSSR count). The highest BCUT2D eigenvalue weighted by Crippen LogP contribution is 2.23. The smallest absolute Gasteiger partial charge is 0.260 e. The second kappa shape index (κ2) is 9.51. The maximum atomic E-state index is 12.8. The monoisotopic (exact) mass is 434 g/mol. The molecular weight excluding hydrogens is 411 g/mol. The van der Waals surface area contributed by atoms with Crippen molar-refractivity contribution in [2.24, 2.45) is 0 Å². The molecular formula is C22H24Cl2N2O3. The average Bonchev–Trinajstić information content (AvgIpc) is 2.96. The normalized spacial score (nSPS) is 14.5. The minimum absolute atomic E-state index is 0.0155. The van der Waals surface area contributed by atoms with Crippen LogP contribution in [0, 0.1) is 13.8 Å². The standard InChI is InChI=1S/C22H24Cl2N2O3/c1-15-5-3-6-20(16(15)2)29-14-21(27)25-9-4-10-26(12-11-25)22(28)18-13-17(23)7-8-19(18)24/h3,5-8,13H,4,9-12,14H2,1-2H3. The van der Waals surface area contributed by atoms with Crippen LogP contribution in [0.15, 0.2) is 36.4 Å². The maximum Gasteiger partial charge on any atom is 0.260 e. The van der Waals surface area contributed by atoms with E-state index < -0.39 is 0 Å². The number of ether oxygens (including phenoxy) is 1. The Balaban J connectivity index is 1.59. The summed E-state index contributed by atoms with van der Waals surface area (Å²) >= 11 is 12.2. The van der Waals surface area contributed by atoms with E-state index >= 15 is 0 Å². The molecule has 1 aliphatic heterocycles. The first-order valence-corrected chi connectivity index (χ1v) is 10.3. The van der Waals surface area contributed by atoms with E-state index in [-0.39, 0.29) is 18.4 Å². The van der Waals surface area contributed by atoms with Crippen molar-refractivity contribution in [1.82, 2.24) is 9.80 Å². The van der Waals surface area contributed by atoms with Crippen molar-refractivity contribution >= 4 is 35.0 Å². The summed E-state index contributed by atoms with van der Waals surface area (Å²) in [7, 11) is 0. The molecule has 5 nitrogen and oxygen atoms in total. The first kappa shape index (κ1) is 21.5. The van der Waals surface area contributed by atoms with E-state index in [1.54, 1.807) is 28.0 Å². The van der Waals surface area contributed by atoms with Crippen LogP contribution in [0.2, 0.25) is 10.0 Å². The van der Waals surface area contributed by atoms with Crippen LogP contribution in [0.3, 0.4) is 0 Å². The van der Waals surface area contributed by atoms with Gasteiger partial charge in [-0.25, -0.2) is 0 Å². The molecule has 2 aromatic rings. The van der Waals surface area contributed by atoms with Gasteiger partial charge in [-0.2, -0.15) is 0 Å². The van der Waals surface area contributed by atoms with Gasteiger partial charge in [-0.15, -0.1) is 0 Å². The summed E-state index contributed by atoms with van der Waals surface area (Å²) in [5.41, 5.74) is 2.54. The third kappa shape index (κ3) is 5.22. The molecule has 0 unspecified atom stereocenters. The van der Waals surface area contributed by atoms with E-state index in [4.69, 9.17) is 27.9 Å². The quantitative estimate of drug-likeness (QED) is 0.717. The van der Waals surface area contributed by atoms with Gasteiger partial charge in [0.1, 0.15) is 5.75 Å². The van der Waals surface area contributed by atoms with E-state index in [2.05, 4.69) is 0 Å². The van der Waals surface area contributed by atoms with Crippen LogP contribution in [0.1, 0.15) is 27.9 Å². The lowest BCUT2D eigenvalue weighted by Gasteiger charge is -2.23. The van der Waals surface area contributed by atoms with Gasteiger partial charge in [0.2, 0.25) is 0 Å². The number of aryl methyl sites for hydroxylation is 1. The number of carbonyl (C=O) groups is 2. The lowest BCUT2D eigenvalue weighted by Crippen LogP contribution is -2.39. The Labute approximate surface area is 181 Å². The molecule has 2 aromatic carbocycles. The number of carbonyl (C=O) groups excluding carboxylic acids is 2. The van der Waals surface area contributed by atoms with Crippen LogP contribution < -0.4 is 4.74 Å². The van der Waals surface area contributed by atoms with Crippen LogP contribution in [-0.2, 0) is 4.79 Å². The molecule has 7 heteroatoms. The van der Waals surface area contributed by atoms with Gasteiger partial charge in [-0.1, -0.05) is 35.3 Å². The molecule has 0 saturated carbocycles. The maximum absolute atomic E-state index is 12.8. The average molecular weight is 435 g/mol. The summed E-state index contributed by atoms with van der Waals surface area (Å²) in [4.78, 5) is 28.9.